The van der Waals surface area contributed by atoms with Gasteiger partial charge in [0, 0.05) is 38.9 Å². The molecule has 0 spiro atoms. The van der Waals surface area contributed by atoms with Crippen LogP contribution in [0.4, 0.5) is 5.69 Å². The van der Waals surface area contributed by atoms with Gasteiger partial charge in [0.15, 0.2) is 0 Å². The topological polar surface area (TPSA) is 51.7 Å². The standard InChI is InChI=1S/C17H29N5O/c1-4-21-8-10-22(11-9-21)16-12-15(13-18-14-16)17(23)19-6-5-7-20(2)3/h12-14H,4-11H2,1-3H3,(H,19,23). The van der Waals surface area contributed by atoms with Crippen LogP contribution in [0.5, 0.6) is 0 Å². The fourth-order valence-corrected chi connectivity index (χ4v) is 2.75. The molecule has 0 radical (unpaired) electrons. The predicted molar refractivity (Wildman–Crippen MR) is 94.1 cm³/mol. The molecule has 1 amide bonds. The molecule has 2 heterocycles. The lowest BCUT2D eigenvalue weighted by Crippen LogP contribution is -2.46. The Labute approximate surface area is 139 Å². The molecule has 0 saturated carbocycles. The number of hydrogen-bond acceptors (Lipinski definition) is 5. The second-order valence-corrected chi connectivity index (χ2v) is 6.27. The minimum atomic E-state index is -0.0368. The first-order valence-electron chi connectivity index (χ1n) is 8.45. The van der Waals surface area contributed by atoms with Gasteiger partial charge in [-0.25, -0.2) is 0 Å². The summed E-state index contributed by atoms with van der Waals surface area (Å²) in [6, 6.07) is 1.95. The van der Waals surface area contributed by atoms with E-state index in [1.54, 1.807) is 6.20 Å². The molecule has 1 aromatic rings. The molecule has 0 aromatic carbocycles. The molecule has 1 aromatic heterocycles. The molecule has 6 heteroatoms. The van der Waals surface area contributed by atoms with Crippen molar-refractivity contribution >= 4 is 11.6 Å². The summed E-state index contributed by atoms with van der Waals surface area (Å²) in [5.41, 5.74) is 1.69. The van der Waals surface area contributed by atoms with Crippen LogP contribution in [0.1, 0.15) is 23.7 Å². The van der Waals surface area contributed by atoms with Gasteiger partial charge in [-0.3, -0.25) is 9.78 Å². The number of anilines is 1. The van der Waals surface area contributed by atoms with Crippen LogP contribution in [-0.4, -0.2) is 80.6 Å². The smallest absolute Gasteiger partial charge is 0.252 e. The van der Waals surface area contributed by atoms with Gasteiger partial charge >= 0.3 is 0 Å². The summed E-state index contributed by atoms with van der Waals surface area (Å²) in [6.45, 7) is 9.07. The van der Waals surface area contributed by atoms with Crippen LogP contribution in [0.2, 0.25) is 0 Å². The van der Waals surface area contributed by atoms with Crippen molar-refractivity contribution in [3.8, 4) is 0 Å². The molecule has 1 fully saturated rings. The van der Waals surface area contributed by atoms with E-state index in [2.05, 4.69) is 31.9 Å². The maximum Gasteiger partial charge on any atom is 0.252 e. The summed E-state index contributed by atoms with van der Waals surface area (Å²) in [5, 5.41) is 2.97. The number of carbonyl (C=O) groups excluding carboxylic acids is 1. The van der Waals surface area contributed by atoms with Crippen molar-refractivity contribution < 1.29 is 4.79 Å². The molecule has 1 saturated heterocycles. The lowest BCUT2D eigenvalue weighted by Gasteiger charge is -2.35. The first-order chi connectivity index (χ1) is 11.1. The SMILES string of the molecule is CCN1CCN(c2cncc(C(=O)NCCCN(C)C)c2)CC1. The minimum Gasteiger partial charge on any atom is -0.368 e. The Bertz CT molecular complexity index is 498. The number of aromatic nitrogens is 1. The lowest BCUT2D eigenvalue weighted by molar-refractivity contribution is 0.0952. The highest BCUT2D eigenvalue weighted by Crippen LogP contribution is 2.16. The summed E-state index contributed by atoms with van der Waals surface area (Å²) in [5.74, 6) is -0.0368. The number of amides is 1. The third-order valence-electron chi connectivity index (χ3n) is 4.24. The fraction of sp³-hybridized carbons (Fsp3) is 0.647. The predicted octanol–water partition coefficient (Wildman–Crippen LogP) is 0.905. The molecule has 128 valence electrons. The fourth-order valence-electron chi connectivity index (χ4n) is 2.75. The van der Waals surface area contributed by atoms with Gasteiger partial charge in [0.25, 0.3) is 5.91 Å². The first-order valence-corrected chi connectivity index (χ1v) is 8.45. The number of rotatable bonds is 7. The Hall–Kier alpha value is -1.66. The third-order valence-corrected chi connectivity index (χ3v) is 4.24. The summed E-state index contributed by atoms with van der Waals surface area (Å²) in [6.07, 6.45) is 4.45. The van der Waals surface area contributed by atoms with Gasteiger partial charge in [-0.2, -0.15) is 0 Å². The second-order valence-electron chi connectivity index (χ2n) is 6.27. The van der Waals surface area contributed by atoms with Crippen LogP contribution in [-0.2, 0) is 0 Å². The minimum absolute atomic E-state index is 0.0368. The Morgan fingerprint density at radius 2 is 2.00 bits per heavy atom. The van der Waals surface area contributed by atoms with E-state index in [1.165, 1.54) is 0 Å². The molecule has 0 bridgehead atoms. The lowest BCUT2D eigenvalue weighted by atomic mass is 10.2. The summed E-state index contributed by atoms with van der Waals surface area (Å²) in [4.78, 5) is 23.3. The average molecular weight is 319 g/mol. The van der Waals surface area contributed by atoms with Crippen LogP contribution < -0.4 is 10.2 Å². The molecule has 1 N–H and O–H groups in total. The van der Waals surface area contributed by atoms with Crippen LogP contribution in [0.15, 0.2) is 18.5 Å². The van der Waals surface area contributed by atoms with Crippen molar-refractivity contribution in [3.63, 3.8) is 0 Å². The van der Waals surface area contributed by atoms with Crippen molar-refractivity contribution in [1.29, 1.82) is 0 Å². The second kappa shape index (κ2) is 8.84. The van der Waals surface area contributed by atoms with Crippen molar-refractivity contribution in [2.24, 2.45) is 0 Å². The first kappa shape index (κ1) is 17.7. The highest BCUT2D eigenvalue weighted by molar-refractivity contribution is 5.94. The van der Waals surface area contributed by atoms with Crippen LogP contribution in [0.25, 0.3) is 0 Å². The van der Waals surface area contributed by atoms with Gasteiger partial charge in [0.2, 0.25) is 0 Å². The molecular formula is C17H29N5O. The highest BCUT2D eigenvalue weighted by Gasteiger charge is 2.17. The summed E-state index contributed by atoms with van der Waals surface area (Å²) in [7, 11) is 4.07. The number of hydrogen-bond donors (Lipinski definition) is 1. The van der Waals surface area contributed by atoms with E-state index < -0.39 is 0 Å². The van der Waals surface area contributed by atoms with Gasteiger partial charge in [-0.1, -0.05) is 6.92 Å². The zero-order chi connectivity index (χ0) is 16.7. The number of carbonyl (C=O) groups is 1. The quantitative estimate of drug-likeness (QED) is 0.757. The number of pyridine rings is 1. The molecule has 0 unspecified atom stereocenters. The Kier molecular flexibility index (Phi) is 6.80. The van der Waals surface area contributed by atoms with Gasteiger partial charge in [0.05, 0.1) is 17.4 Å². The molecule has 1 aliphatic heterocycles. The average Bonchev–Trinajstić information content (AvgIpc) is 2.58. The van der Waals surface area contributed by atoms with E-state index >= 15 is 0 Å². The number of nitrogens with one attached hydrogen (secondary N) is 1. The van der Waals surface area contributed by atoms with Gasteiger partial charge in [-0.05, 0) is 39.7 Å². The van der Waals surface area contributed by atoms with E-state index in [9.17, 15) is 4.79 Å². The third kappa shape index (κ3) is 5.48. The monoisotopic (exact) mass is 319 g/mol. The number of piperazine rings is 1. The normalized spacial score (nSPS) is 15.9. The van der Waals surface area contributed by atoms with Gasteiger partial charge < -0.3 is 20.0 Å². The van der Waals surface area contributed by atoms with Crippen molar-refractivity contribution in [3.05, 3.63) is 24.0 Å². The van der Waals surface area contributed by atoms with Crippen molar-refractivity contribution in [2.75, 3.05) is 64.8 Å². The Balaban J connectivity index is 1.88. The zero-order valence-corrected chi connectivity index (χ0v) is 14.6. The van der Waals surface area contributed by atoms with E-state index in [1.807, 2.05) is 26.4 Å². The number of likely N-dealkylation sites (N-methyl/N-ethyl adjacent to an activating group) is 1. The molecule has 6 nitrogen and oxygen atoms in total. The van der Waals surface area contributed by atoms with E-state index in [4.69, 9.17) is 0 Å². The molecule has 0 atom stereocenters. The van der Waals surface area contributed by atoms with E-state index in [0.717, 1.165) is 51.4 Å². The van der Waals surface area contributed by atoms with Crippen molar-refractivity contribution in [2.45, 2.75) is 13.3 Å². The van der Waals surface area contributed by atoms with E-state index in [-0.39, 0.29) is 5.91 Å². The molecule has 0 aliphatic carbocycles. The molecule has 23 heavy (non-hydrogen) atoms. The van der Waals surface area contributed by atoms with Gasteiger partial charge in [-0.15, -0.1) is 0 Å². The largest absolute Gasteiger partial charge is 0.368 e. The van der Waals surface area contributed by atoms with Crippen LogP contribution in [0, 0.1) is 0 Å². The maximum atomic E-state index is 12.2. The molecule has 2 rings (SSSR count). The number of nitrogens with zero attached hydrogens (tertiary/aromatic N) is 4. The highest BCUT2D eigenvalue weighted by atomic mass is 16.1. The van der Waals surface area contributed by atoms with Crippen LogP contribution in [0.3, 0.4) is 0 Å². The summed E-state index contributed by atoms with van der Waals surface area (Å²) >= 11 is 0. The zero-order valence-electron chi connectivity index (χ0n) is 14.6. The Morgan fingerprint density at radius 3 is 2.65 bits per heavy atom. The molecule has 1 aliphatic rings. The summed E-state index contributed by atoms with van der Waals surface area (Å²) < 4.78 is 0. The van der Waals surface area contributed by atoms with Gasteiger partial charge in [0.1, 0.15) is 0 Å². The Morgan fingerprint density at radius 1 is 1.26 bits per heavy atom. The van der Waals surface area contributed by atoms with Crippen molar-refractivity contribution in [1.82, 2.24) is 20.1 Å². The van der Waals surface area contributed by atoms with E-state index in [0.29, 0.717) is 12.1 Å². The molecular weight excluding hydrogens is 290 g/mol. The maximum absolute atomic E-state index is 12.2. The van der Waals surface area contributed by atoms with Crippen LogP contribution >= 0.6 is 0 Å².